The third kappa shape index (κ3) is 2.39. The quantitative estimate of drug-likeness (QED) is 0.448. The van der Waals surface area contributed by atoms with Gasteiger partial charge in [-0.1, -0.05) is 61.0 Å². The molecule has 2 aliphatic heterocycles. The molecule has 2 nitrogen and oxygen atoms in total. The molecule has 3 aromatic rings. The van der Waals surface area contributed by atoms with Crippen LogP contribution in [0.1, 0.15) is 62.8 Å². The van der Waals surface area contributed by atoms with Crippen molar-refractivity contribution < 1.29 is 0 Å². The molecule has 1 N–H and O–H groups in total. The summed E-state index contributed by atoms with van der Waals surface area (Å²) in [5.74, 6) is 1.15. The van der Waals surface area contributed by atoms with E-state index in [0.717, 1.165) is 0 Å². The number of hydrogen-bond donors (Lipinski definition) is 1. The molecule has 0 bridgehead atoms. The second-order valence-electron chi connectivity index (χ2n) is 9.99. The molecule has 0 amide bonds. The minimum atomic E-state index is -0.00241. The summed E-state index contributed by atoms with van der Waals surface area (Å²) in [7, 11) is 0. The first-order valence-corrected chi connectivity index (χ1v) is 12.2. The number of nitrogens with one attached hydrogen (secondary N) is 1. The van der Waals surface area contributed by atoms with Crippen LogP contribution in [0.15, 0.2) is 78.0 Å². The van der Waals surface area contributed by atoms with E-state index in [0.29, 0.717) is 11.8 Å². The minimum absolute atomic E-state index is 0.00241. The molecule has 7 rings (SSSR count). The van der Waals surface area contributed by atoms with Crippen LogP contribution in [0.2, 0.25) is 0 Å². The third-order valence-corrected chi connectivity index (χ3v) is 8.50. The average Bonchev–Trinajstić information content (AvgIpc) is 2.83. The molecule has 0 radical (unpaired) electrons. The van der Waals surface area contributed by atoms with Gasteiger partial charge in [0.15, 0.2) is 0 Å². The molecule has 0 aromatic heterocycles. The van der Waals surface area contributed by atoms with Gasteiger partial charge in [0.25, 0.3) is 0 Å². The second-order valence-corrected chi connectivity index (χ2v) is 9.99. The summed E-state index contributed by atoms with van der Waals surface area (Å²) >= 11 is 0. The van der Waals surface area contributed by atoms with Crippen molar-refractivity contribution in [3.63, 3.8) is 0 Å². The Balaban J connectivity index is 1.54. The molecule has 3 aromatic carbocycles. The van der Waals surface area contributed by atoms with Crippen LogP contribution in [0.4, 0.5) is 11.4 Å². The van der Waals surface area contributed by atoms with Gasteiger partial charge in [0.1, 0.15) is 5.66 Å². The number of benzene rings is 3. The lowest BCUT2D eigenvalue weighted by molar-refractivity contribution is 0.169. The van der Waals surface area contributed by atoms with E-state index in [1.54, 1.807) is 11.3 Å². The lowest BCUT2D eigenvalue weighted by Crippen LogP contribution is -2.66. The summed E-state index contributed by atoms with van der Waals surface area (Å²) in [4.78, 5) is 2.82. The Morgan fingerprint density at radius 1 is 0.806 bits per heavy atom. The van der Waals surface area contributed by atoms with E-state index < -0.39 is 0 Å². The molecule has 0 unspecified atom stereocenters. The van der Waals surface area contributed by atoms with E-state index in [1.807, 2.05) is 0 Å². The summed E-state index contributed by atoms with van der Waals surface area (Å²) in [6.07, 6.45) is 10.3. The number of nitrogens with zero attached hydrogens (tertiary/aromatic N) is 1. The largest absolute Gasteiger partial charge is 0.362 e. The minimum Gasteiger partial charge on any atom is -0.362 e. The van der Waals surface area contributed by atoms with E-state index in [2.05, 4.69) is 76.9 Å². The van der Waals surface area contributed by atoms with Crippen molar-refractivity contribution in [2.75, 3.05) is 10.2 Å². The molecule has 2 aliphatic carbocycles. The molecular formula is C29H30N2. The summed E-state index contributed by atoms with van der Waals surface area (Å²) in [5, 5.41) is 6.97. The highest BCUT2D eigenvalue weighted by Gasteiger charge is 2.56. The molecule has 4 aliphatic rings. The highest BCUT2D eigenvalue weighted by molar-refractivity contribution is 6.06. The predicted molar refractivity (Wildman–Crippen MR) is 129 cm³/mol. The van der Waals surface area contributed by atoms with Crippen molar-refractivity contribution in [1.82, 2.24) is 0 Å². The van der Waals surface area contributed by atoms with E-state index in [1.165, 1.54) is 79.1 Å². The van der Waals surface area contributed by atoms with Crippen LogP contribution in [0, 0.1) is 5.92 Å². The predicted octanol–water partition coefficient (Wildman–Crippen LogP) is 7.58. The Kier molecular flexibility index (Phi) is 3.82. The smallest absolute Gasteiger partial charge is 0.118 e. The van der Waals surface area contributed by atoms with Crippen LogP contribution in [0.25, 0.3) is 10.8 Å². The van der Waals surface area contributed by atoms with Gasteiger partial charge in [0.05, 0.1) is 5.69 Å². The van der Waals surface area contributed by atoms with E-state index in [4.69, 9.17) is 0 Å². The van der Waals surface area contributed by atoms with Crippen molar-refractivity contribution in [2.45, 2.75) is 62.9 Å². The molecule has 156 valence electrons. The highest BCUT2D eigenvalue weighted by Crippen LogP contribution is 2.60. The first-order chi connectivity index (χ1) is 15.4. The molecule has 1 fully saturated rings. The zero-order valence-corrected chi connectivity index (χ0v) is 18.1. The van der Waals surface area contributed by atoms with Crippen molar-refractivity contribution in [3.05, 3.63) is 83.6 Å². The van der Waals surface area contributed by atoms with Gasteiger partial charge < -0.3 is 10.2 Å². The van der Waals surface area contributed by atoms with E-state index >= 15 is 0 Å². The fraction of sp³-hybridized carbons (Fsp3) is 0.379. The van der Waals surface area contributed by atoms with Crippen LogP contribution in [-0.2, 0) is 0 Å². The number of allylic oxidation sites excluding steroid dienone is 2. The van der Waals surface area contributed by atoms with Crippen LogP contribution >= 0.6 is 0 Å². The molecule has 2 heterocycles. The number of hydrogen-bond acceptors (Lipinski definition) is 2. The maximum absolute atomic E-state index is 4.20. The maximum Gasteiger partial charge on any atom is 0.118 e. The molecule has 31 heavy (non-hydrogen) atoms. The lowest BCUT2D eigenvalue weighted by Gasteiger charge is -2.62. The normalized spacial score (nSPS) is 29.1. The van der Waals surface area contributed by atoms with Crippen LogP contribution < -0.4 is 10.2 Å². The van der Waals surface area contributed by atoms with Crippen molar-refractivity contribution in [3.8, 4) is 0 Å². The summed E-state index contributed by atoms with van der Waals surface area (Å²) in [6.45, 7) is 0. The summed E-state index contributed by atoms with van der Waals surface area (Å²) in [6, 6.07) is 25.2. The van der Waals surface area contributed by atoms with Gasteiger partial charge in [-0.3, -0.25) is 0 Å². The van der Waals surface area contributed by atoms with Crippen LogP contribution in [-0.4, -0.2) is 5.66 Å². The highest BCUT2D eigenvalue weighted by atomic mass is 15.4. The van der Waals surface area contributed by atoms with E-state index in [-0.39, 0.29) is 5.66 Å². The molecular weight excluding hydrogens is 376 g/mol. The Morgan fingerprint density at radius 2 is 1.65 bits per heavy atom. The Bertz CT molecular complexity index is 1190. The van der Waals surface area contributed by atoms with Gasteiger partial charge in [0, 0.05) is 28.6 Å². The average molecular weight is 407 g/mol. The monoisotopic (exact) mass is 406 g/mol. The van der Waals surface area contributed by atoms with Gasteiger partial charge in [0.2, 0.25) is 0 Å². The molecule has 1 spiro atoms. The third-order valence-electron chi connectivity index (χ3n) is 8.50. The fourth-order valence-corrected chi connectivity index (χ4v) is 7.40. The molecule has 0 saturated heterocycles. The van der Waals surface area contributed by atoms with Crippen molar-refractivity contribution in [2.24, 2.45) is 5.92 Å². The Hall–Kier alpha value is -2.74. The maximum atomic E-state index is 4.20. The Labute approximate surface area is 185 Å². The summed E-state index contributed by atoms with van der Waals surface area (Å²) in [5.41, 5.74) is 7.67. The van der Waals surface area contributed by atoms with Gasteiger partial charge in [-0.15, -0.1) is 0 Å². The Morgan fingerprint density at radius 3 is 2.55 bits per heavy atom. The molecule has 3 atom stereocenters. The van der Waals surface area contributed by atoms with Gasteiger partial charge in [-0.25, -0.2) is 0 Å². The van der Waals surface area contributed by atoms with Crippen LogP contribution in [0.5, 0.6) is 0 Å². The SMILES string of the molecule is c1ccc([C@@H]2C3=C(CCCC3)N3c4cccc5cccc(c45)N[C@]34CCCC[C@H]24)cc1. The fourth-order valence-electron chi connectivity index (χ4n) is 7.40. The van der Waals surface area contributed by atoms with Gasteiger partial charge in [-0.05, 0) is 73.6 Å². The standard InChI is InChI=1S/C29H30N2/c1-2-10-20(11-3-1)27-22-14-4-5-17-25(22)31-26-18-9-13-21-12-8-16-24(28(21)26)30-29(31)19-7-6-15-23(27)29/h1-3,8-13,16,18,23,27,30H,4-7,14-15,17,19H2/t23-,27-,29-/m1/s1. The first-order valence-electron chi connectivity index (χ1n) is 12.2. The van der Waals surface area contributed by atoms with Crippen molar-refractivity contribution in [1.29, 1.82) is 0 Å². The molecule has 1 saturated carbocycles. The van der Waals surface area contributed by atoms with Crippen molar-refractivity contribution >= 4 is 22.1 Å². The number of rotatable bonds is 1. The zero-order chi connectivity index (χ0) is 20.4. The van der Waals surface area contributed by atoms with Crippen LogP contribution in [0.3, 0.4) is 0 Å². The lowest BCUT2D eigenvalue weighted by atomic mass is 9.61. The van der Waals surface area contributed by atoms with Gasteiger partial charge >= 0.3 is 0 Å². The number of anilines is 2. The summed E-state index contributed by atoms with van der Waals surface area (Å²) < 4.78 is 0. The van der Waals surface area contributed by atoms with E-state index in [9.17, 15) is 0 Å². The first kappa shape index (κ1) is 17.9. The topological polar surface area (TPSA) is 15.3 Å². The zero-order valence-electron chi connectivity index (χ0n) is 18.1. The number of fused-ring (bicyclic) bond motifs is 2. The molecule has 2 heteroatoms. The second kappa shape index (κ2) is 6.63. The van der Waals surface area contributed by atoms with Gasteiger partial charge in [-0.2, -0.15) is 0 Å².